The molecule has 6 N–H and O–H groups in total. The Bertz CT molecular complexity index is 1170. The maximum atomic E-state index is 12.8. The van der Waals surface area contributed by atoms with Crippen molar-refractivity contribution < 1.29 is 58.3 Å². The second-order valence-electron chi connectivity index (χ2n) is 17.3. The monoisotopic (exact) mass is 903 g/mol. The number of carbonyl (C=O) groups is 1. The van der Waals surface area contributed by atoms with E-state index in [2.05, 4.69) is 50.3 Å². The summed E-state index contributed by atoms with van der Waals surface area (Å²) in [5.74, 6) is -0.483. The van der Waals surface area contributed by atoms with E-state index in [4.69, 9.17) is 18.5 Å². The third kappa shape index (κ3) is 31.4. The van der Waals surface area contributed by atoms with Crippen LogP contribution < -0.4 is 0 Å². The van der Waals surface area contributed by atoms with Gasteiger partial charge in [-0.3, -0.25) is 13.8 Å². The van der Waals surface area contributed by atoms with E-state index in [1.165, 1.54) is 116 Å². The van der Waals surface area contributed by atoms with Crippen LogP contribution in [0.5, 0.6) is 0 Å². The summed E-state index contributed by atoms with van der Waals surface area (Å²) >= 11 is 0. The van der Waals surface area contributed by atoms with Crippen LogP contribution in [0.2, 0.25) is 0 Å². The Morgan fingerprint density at radius 3 is 1.37 bits per heavy atom. The number of phosphoric acid groups is 1. The molecule has 0 saturated heterocycles. The number of allylic oxidation sites excluding steroid dienone is 6. The lowest BCUT2D eigenvalue weighted by Crippen LogP contribution is -2.64. The molecule has 0 aromatic heterocycles. The smallest absolute Gasteiger partial charge is 0.457 e. The van der Waals surface area contributed by atoms with Gasteiger partial charge >= 0.3 is 13.8 Å². The average molecular weight is 903 g/mol. The fourth-order valence-electron chi connectivity index (χ4n) is 7.54. The van der Waals surface area contributed by atoms with Crippen LogP contribution in [0.4, 0.5) is 0 Å². The molecule has 13 heteroatoms. The summed E-state index contributed by atoms with van der Waals surface area (Å²) in [7, 11) is -5.02. The van der Waals surface area contributed by atoms with Gasteiger partial charge in [-0.15, -0.1) is 0 Å². The van der Waals surface area contributed by atoms with Gasteiger partial charge in [-0.2, -0.15) is 0 Å². The lowest BCUT2D eigenvalue weighted by molar-refractivity contribution is -0.220. The summed E-state index contributed by atoms with van der Waals surface area (Å²) in [6.45, 7) is 4.25. The molecule has 62 heavy (non-hydrogen) atoms. The van der Waals surface area contributed by atoms with Crippen molar-refractivity contribution in [2.75, 3.05) is 19.8 Å². The van der Waals surface area contributed by atoms with Crippen molar-refractivity contribution in [1.29, 1.82) is 0 Å². The summed E-state index contributed by atoms with van der Waals surface area (Å²) in [5, 5.41) is 50.2. The van der Waals surface area contributed by atoms with E-state index in [1.807, 2.05) is 0 Å². The first-order valence-corrected chi connectivity index (χ1v) is 26.3. The van der Waals surface area contributed by atoms with Gasteiger partial charge in [0.15, 0.2) is 0 Å². The molecular formula is C49H91O12P. The molecule has 0 spiro atoms. The highest BCUT2D eigenvalue weighted by Crippen LogP contribution is 2.47. The molecule has 0 aliphatic heterocycles. The maximum absolute atomic E-state index is 12.8. The molecule has 1 rings (SSSR count). The molecule has 12 nitrogen and oxygen atoms in total. The van der Waals surface area contributed by atoms with Crippen molar-refractivity contribution in [1.82, 2.24) is 0 Å². The number of ether oxygens (including phenoxy) is 2. The molecule has 1 aliphatic rings. The van der Waals surface area contributed by atoms with Gasteiger partial charge in [-0.1, -0.05) is 185 Å². The minimum Gasteiger partial charge on any atom is -0.457 e. The number of aliphatic hydroxyl groups excluding tert-OH is 5. The van der Waals surface area contributed by atoms with Gasteiger partial charge in [0, 0.05) is 13.0 Å². The topological polar surface area (TPSA) is 192 Å². The van der Waals surface area contributed by atoms with Gasteiger partial charge in [-0.25, -0.2) is 4.57 Å². The Balaban J connectivity index is 2.33. The number of phosphoric ester groups is 1. The summed E-state index contributed by atoms with van der Waals surface area (Å²) in [6, 6.07) is 0. The van der Waals surface area contributed by atoms with E-state index >= 15 is 0 Å². The molecule has 6 atom stereocenters. The second-order valence-corrected chi connectivity index (χ2v) is 18.7. The average Bonchev–Trinajstić information content (AvgIpc) is 3.26. The molecule has 6 unspecified atom stereocenters. The zero-order chi connectivity index (χ0) is 45.5. The predicted molar refractivity (Wildman–Crippen MR) is 249 cm³/mol. The van der Waals surface area contributed by atoms with Crippen LogP contribution in [-0.2, 0) is 27.9 Å². The fraction of sp³-hybridized carbons (Fsp3) is 0.857. The van der Waals surface area contributed by atoms with Crippen molar-refractivity contribution in [3.05, 3.63) is 36.5 Å². The van der Waals surface area contributed by atoms with Crippen LogP contribution in [0, 0.1) is 0 Å². The lowest BCUT2D eigenvalue weighted by Gasteiger charge is -2.41. The first-order chi connectivity index (χ1) is 30.0. The molecule has 0 aromatic rings. The first kappa shape index (κ1) is 58.6. The summed E-state index contributed by atoms with van der Waals surface area (Å²) in [4.78, 5) is 23.2. The van der Waals surface area contributed by atoms with Crippen LogP contribution in [0.1, 0.15) is 206 Å². The zero-order valence-electron chi connectivity index (χ0n) is 38.9. The largest absolute Gasteiger partial charge is 0.472 e. The molecule has 0 heterocycles. The quantitative estimate of drug-likeness (QED) is 0.0147. The molecule has 1 aliphatic carbocycles. The van der Waals surface area contributed by atoms with Crippen molar-refractivity contribution in [3.63, 3.8) is 0 Å². The molecule has 1 saturated carbocycles. The number of rotatable bonds is 42. The Morgan fingerprint density at radius 1 is 0.516 bits per heavy atom. The van der Waals surface area contributed by atoms with Crippen molar-refractivity contribution in [3.8, 4) is 0 Å². The molecular weight excluding hydrogens is 812 g/mol. The molecule has 0 radical (unpaired) electrons. The highest BCUT2D eigenvalue weighted by molar-refractivity contribution is 7.47. The third-order valence-corrected chi connectivity index (χ3v) is 12.5. The number of unbranched alkanes of at least 4 members (excludes halogenated alkanes) is 24. The van der Waals surface area contributed by atoms with Crippen LogP contribution in [-0.4, -0.2) is 98.9 Å². The van der Waals surface area contributed by atoms with Gasteiger partial charge in [0.2, 0.25) is 0 Å². The minimum atomic E-state index is -5.02. The van der Waals surface area contributed by atoms with Crippen LogP contribution in [0.25, 0.3) is 0 Å². The highest BCUT2D eigenvalue weighted by atomic mass is 31.2. The van der Waals surface area contributed by atoms with Crippen molar-refractivity contribution in [2.45, 2.75) is 249 Å². The summed E-state index contributed by atoms with van der Waals surface area (Å²) in [5.41, 5.74) is 0. The number of hydrogen-bond acceptors (Lipinski definition) is 11. The summed E-state index contributed by atoms with van der Waals surface area (Å²) in [6.07, 6.45) is 35.0. The standard InChI is InChI=1S/C49H91O12P/c1-3-5-7-9-11-13-15-17-18-19-20-21-22-23-24-25-26-27-28-30-32-34-36-38-43(50)60-42(40-58-39-37-35-33-31-29-16-14-12-10-8-6-4-2)41-59-62(56,57)61-49-47(54)45(52)44(51)46(53)48(49)55/h15,17,19-20,22-23,42,44-49,51-55H,3-14,16,18,21,24-41H2,1-2H3,(H,56,57)/b17-15-,20-19-,23-22-. The number of carbonyl (C=O) groups excluding carboxylic acids is 1. The zero-order valence-corrected chi connectivity index (χ0v) is 39.8. The Hall–Kier alpha value is -1.44. The second kappa shape index (κ2) is 39.9. The molecule has 1 fully saturated rings. The van der Waals surface area contributed by atoms with Crippen LogP contribution in [0.15, 0.2) is 36.5 Å². The fourth-order valence-corrected chi connectivity index (χ4v) is 8.51. The molecule has 364 valence electrons. The first-order valence-electron chi connectivity index (χ1n) is 24.8. The van der Waals surface area contributed by atoms with E-state index in [-0.39, 0.29) is 13.0 Å². The lowest BCUT2D eigenvalue weighted by atomic mass is 9.85. The number of hydrogen-bond donors (Lipinski definition) is 6. The SMILES string of the molecule is CCCCCCC/C=C\C/C=C\C/C=C\CCCCCCCCCCC(=O)OC(COCCCCCCCCCCCCCC)COP(=O)(O)OC1C(O)C(O)C(O)C(O)C1O. The van der Waals surface area contributed by atoms with Crippen LogP contribution in [0.3, 0.4) is 0 Å². The molecule has 0 amide bonds. The van der Waals surface area contributed by atoms with Gasteiger partial charge in [0.25, 0.3) is 0 Å². The van der Waals surface area contributed by atoms with E-state index in [9.17, 15) is 39.8 Å². The van der Waals surface area contributed by atoms with E-state index < -0.39 is 63.1 Å². The van der Waals surface area contributed by atoms with Gasteiger partial charge in [0.1, 0.15) is 42.7 Å². The predicted octanol–water partition coefficient (Wildman–Crippen LogP) is 10.6. The van der Waals surface area contributed by atoms with E-state index in [0.717, 1.165) is 64.2 Å². The Labute approximate surface area is 376 Å². The van der Waals surface area contributed by atoms with E-state index in [1.54, 1.807) is 0 Å². The molecule has 0 aromatic carbocycles. The maximum Gasteiger partial charge on any atom is 0.472 e. The van der Waals surface area contributed by atoms with E-state index in [0.29, 0.717) is 13.0 Å². The summed E-state index contributed by atoms with van der Waals surface area (Å²) < 4.78 is 34.2. The van der Waals surface area contributed by atoms with Gasteiger partial charge < -0.3 is 39.9 Å². The van der Waals surface area contributed by atoms with Gasteiger partial charge in [0.05, 0.1) is 13.2 Å². The number of aliphatic hydroxyl groups is 5. The number of esters is 1. The van der Waals surface area contributed by atoms with Crippen molar-refractivity contribution in [2.24, 2.45) is 0 Å². The highest BCUT2D eigenvalue weighted by Gasteiger charge is 2.51. The molecule has 0 bridgehead atoms. The third-order valence-electron chi connectivity index (χ3n) is 11.5. The van der Waals surface area contributed by atoms with Gasteiger partial charge in [-0.05, 0) is 51.4 Å². The Morgan fingerprint density at radius 2 is 0.903 bits per heavy atom. The van der Waals surface area contributed by atoms with Crippen molar-refractivity contribution >= 4 is 13.8 Å². The Kier molecular flexibility index (Phi) is 37.7. The normalized spacial score (nSPS) is 22.3. The minimum absolute atomic E-state index is 0.0773. The van der Waals surface area contributed by atoms with Crippen LogP contribution >= 0.6 is 7.82 Å².